The van der Waals surface area contributed by atoms with E-state index in [1.165, 1.54) is 18.3 Å². The fourth-order valence-corrected chi connectivity index (χ4v) is 4.90. The SMILES string of the molecule is Cc1cc(C)c(Oc2nc(-c3ccc(Cl)cc3)ccc2C(=O)NS(=O)(=O)c2ccc[nH]c2=O)c(C)c1.[HH].[HH]. The zero-order valence-electron chi connectivity index (χ0n) is 19.6. The Bertz CT molecular complexity index is 1620. The Morgan fingerprint density at radius 1 is 1.03 bits per heavy atom. The predicted molar refractivity (Wildman–Crippen MR) is 141 cm³/mol. The zero-order valence-corrected chi connectivity index (χ0v) is 21.2. The number of H-pyrrole nitrogens is 1. The van der Waals surface area contributed by atoms with Crippen molar-refractivity contribution in [1.82, 2.24) is 14.7 Å². The first-order chi connectivity index (χ1) is 17.0. The van der Waals surface area contributed by atoms with Crippen LogP contribution in [0.15, 0.2) is 76.6 Å². The Morgan fingerprint density at radius 3 is 2.33 bits per heavy atom. The van der Waals surface area contributed by atoms with Gasteiger partial charge in [-0.15, -0.1) is 0 Å². The Kier molecular flexibility index (Phi) is 6.96. The van der Waals surface area contributed by atoms with E-state index in [2.05, 4.69) is 9.97 Å². The van der Waals surface area contributed by atoms with Gasteiger partial charge in [0.2, 0.25) is 5.88 Å². The molecule has 0 aliphatic heterocycles. The van der Waals surface area contributed by atoms with Crippen molar-refractivity contribution in [3.05, 3.63) is 104 Å². The van der Waals surface area contributed by atoms with Crippen LogP contribution in [0, 0.1) is 20.8 Å². The fraction of sp³-hybridized carbons (Fsp3) is 0.115. The summed E-state index contributed by atoms with van der Waals surface area (Å²) in [7, 11) is -4.46. The molecule has 0 radical (unpaired) electrons. The van der Waals surface area contributed by atoms with Gasteiger partial charge in [0.05, 0.1) is 5.69 Å². The number of halogens is 1. The topological polar surface area (TPSA) is 118 Å². The average Bonchev–Trinajstić information content (AvgIpc) is 2.81. The van der Waals surface area contributed by atoms with Crippen LogP contribution in [-0.2, 0) is 10.0 Å². The number of hydrogen-bond donors (Lipinski definition) is 2. The van der Waals surface area contributed by atoms with E-state index in [0.717, 1.165) is 28.3 Å². The smallest absolute Gasteiger partial charge is 0.270 e. The molecule has 4 aromatic rings. The first-order valence-electron chi connectivity index (χ1n) is 10.8. The minimum atomic E-state index is -4.46. The minimum Gasteiger partial charge on any atom is -0.438 e. The van der Waals surface area contributed by atoms with Crippen LogP contribution >= 0.6 is 11.6 Å². The van der Waals surface area contributed by atoms with Crippen LogP contribution < -0.4 is 15.0 Å². The van der Waals surface area contributed by atoms with Crippen molar-refractivity contribution in [3.63, 3.8) is 0 Å². The summed E-state index contributed by atoms with van der Waals surface area (Å²) in [4.78, 5) is 31.3. The van der Waals surface area contributed by atoms with Gasteiger partial charge in [0, 0.05) is 19.6 Å². The van der Waals surface area contributed by atoms with Crippen LogP contribution in [-0.4, -0.2) is 24.3 Å². The molecule has 2 aromatic carbocycles. The van der Waals surface area contributed by atoms with Crippen LogP contribution in [0.2, 0.25) is 5.02 Å². The van der Waals surface area contributed by atoms with Gasteiger partial charge in [0.25, 0.3) is 21.5 Å². The highest BCUT2D eigenvalue weighted by atomic mass is 35.5. The third-order valence-corrected chi connectivity index (χ3v) is 6.95. The molecule has 0 fully saturated rings. The number of aromatic amines is 1. The Hall–Kier alpha value is -3.95. The van der Waals surface area contributed by atoms with Gasteiger partial charge in [0.15, 0.2) is 4.90 Å². The summed E-state index contributed by atoms with van der Waals surface area (Å²) in [6.07, 6.45) is 1.29. The Morgan fingerprint density at radius 2 is 1.69 bits per heavy atom. The summed E-state index contributed by atoms with van der Waals surface area (Å²) in [5.74, 6) is -0.587. The van der Waals surface area contributed by atoms with E-state index in [9.17, 15) is 18.0 Å². The molecule has 4 rings (SSSR count). The number of carbonyl (C=O) groups is 1. The van der Waals surface area contributed by atoms with Gasteiger partial charge in [-0.3, -0.25) is 9.59 Å². The van der Waals surface area contributed by atoms with Crippen molar-refractivity contribution < 1.29 is 20.8 Å². The van der Waals surface area contributed by atoms with E-state index in [-0.39, 0.29) is 14.3 Å². The predicted octanol–water partition coefficient (Wildman–Crippen LogP) is 5.42. The van der Waals surface area contributed by atoms with Crippen molar-refractivity contribution in [1.29, 1.82) is 0 Å². The van der Waals surface area contributed by atoms with Gasteiger partial charge in [-0.2, -0.15) is 0 Å². The number of ether oxygens (including phenoxy) is 1. The quantitative estimate of drug-likeness (QED) is 0.345. The molecule has 0 spiro atoms. The van der Waals surface area contributed by atoms with Gasteiger partial charge in [-0.1, -0.05) is 41.4 Å². The first-order valence-corrected chi connectivity index (χ1v) is 12.7. The number of benzene rings is 2. The van der Waals surface area contributed by atoms with Crippen molar-refractivity contribution >= 4 is 27.5 Å². The number of hydrogen-bond acceptors (Lipinski definition) is 6. The van der Waals surface area contributed by atoms with E-state index in [1.807, 2.05) is 37.6 Å². The lowest BCUT2D eigenvalue weighted by atomic mass is 10.1. The van der Waals surface area contributed by atoms with Crippen molar-refractivity contribution in [2.24, 2.45) is 0 Å². The maximum atomic E-state index is 13.1. The highest BCUT2D eigenvalue weighted by Crippen LogP contribution is 2.32. The lowest BCUT2D eigenvalue weighted by molar-refractivity contribution is 0.0978. The van der Waals surface area contributed by atoms with Gasteiger partial charge >= 0.3 is 0 Å². The third kappa shape index (κ3) is 5.32. The molecular formula is C26H26ClN3O5S. The van der Waals surface area contributed by atoms with Crippen LogP contribution in [0.3, 0.4) is 0 Å². The normalized spacial score (nSPS) is 11.2. The molecule has 2 heterocycles. The van der Waals surface area contributed by atoms with Crippen LogP contribution in [0.5, 0.6) is 11.6 Å². The highest BCUT2D eigenvalue weighted by Gasteiger charge is 2.25. The Balaban J connectivity index is 0.00000253. The van der Waals surface area contributed by atoms with Crippen LogP contribution in [0.4, 0.5) is 0 Å². The molecule has 36 heavy (non-hydrogen) atoms. The fourth-order valence-electron chi connectivity index (χ4n) is 3.75. The molecule has 0 saturated carbocycles. The second-order valence-electron chi connectivity index (χ2n) is 8.18. The van der Waals surface area contributed by atoms with Gasteiger partial charge in [-0.25, -0.2) is 18.1 Å². The van der Waals surface area contributed by atoms with Gasteiger partial charge < -0.3 is 9.72 Å². The molecule has 8 nitrogen and oxygen atoms in total. The molecule has 0 bridgehead atoms. The number of pyridine rings is 2. The molecule has 0 saturated heterocycles. The monoisotopic (exact) mass is 527 g/mol. The molecule has 2 N–H and O–H groups in total. The summed E-state index contributed by atoms with van der Waals surface area (Å²) in [5.41, 5.74) is 2.92. The number of aromatic nitrogens is 2. The number of aryl methyl sites for hydroxylation is 3. The van der Waals surface area contributed by atoms with Crippen molar-refractivity contribution in [3.8, 4) is 22.9 Å². The molecule has 0 atom stereocenters. The Labute approximate surface area is 216 Å². The molecule has 0 aliphatic rings. The maximum Gasteiger partial charge on any atom is 0.270 e. The van der Waals surface area contributed by atoms with Gasteiger partial charge in [-0.05, 0) is 68.3 Å². The van der Waals surface area contributed by atoms with Crippen molar-refractivity contribution in [2.45, 2.75) is 25.7 Å². The molecule has 1 amide bonds. The van der Waals surface area contributed by atoms with Crippen LogP contribution in [0.1, 0.15) is 29.9 Å². The summed E-state index contributed by atoms with van der Waals surface area (Å²) >= 11 is 6.00. The molecule has 2 aromatic heterocycles. The first kappa shape index (κ1) is 25.2. The van der Waals surface area contributed by atoms with E-state index in [1.54, 1.807) is 30.3 Å². The molecule has 0 aliphatic carbocycles. The van der Waals surface area contributed by atoms with E-state index in [0.29, 0.717) is 16.5 Å². The largest absolute Gasteiger partial charge is 0.438 e. The van der Waals surface area contributed by atoms with E-state index >= 15 is 0 Å². The number of carbonyl (C=O) groups excluding carboxylic acids is 1. The minimum absolute atomic E-state index is 0. The molecular weight excluding hydrogens is 502 g/mol. The zero-order chi connectivity index (χ0) is 26.0. The second-order valence-corrected chi connectivity index (χ2v) is 10.3. The number of nitrogens with one attached hydrogen (secondary N) is 2. The second kappa shape index (κ2) is 9.96. The van der Waals surface area contributed by atoms with Gasteiger partial charge in [0.1, 0.15) is 11.3 Å². The third-order valence-electron chi connectivity index (χ3n) is 5.35. The number of amides is 1. The summed E-state index contributed by atoms with van der Waals surface area (Å²) in [5, 5.41) is 0.554. The lowest BCUT2D eigenvalue weighted by Crippen LogP contribution is -2.34. The van der Waals surface area contributed by atoms with E-state index in [4.69, 9.17) is 16.3 Å². The summed E-state index contributed by atoms with van der Waals surface area (Å²) in [6.45, 7) is 5.69. The number of sulfonamides is 1. The van der Waals surface area contributed by atoms with E-state index < -0.39 is 26.4 Å². The lowest BCUT2D eigenvalue weighted by Gasteiger charge is -2.16. The summed E-state index contributed by atoms with van der Waals surface area (Å²) < 4.78 is 33.5. The molecule has 0 unspecified atom stereocenters. The average molecular weight is 528 g/mol. The van der Waals surface area contributed by atoms with Crippen LogP contribution in [0.25, 0.3) is 11.3 Å². The van der Waals surface area contributed by atoms with Crippen molar-refractivity contribution in [2.75, 3.05) is 0 Å². The number of nitrogens with zero attached hydrogens (tertiary/aromatic N) is 1. The summed E-state index contributed by atoms with van der Waals surface area (Å²) in [6, 6.07) is 16.2. The standard InChI is InChI=1S/C26H22ClN3O5S.2H2/c1-15-13-16(2)23(17(3)14-15)35-26-20(10-11-21(29-26)18-6-8-19(27)9-7-18)24(31)30-36(33,34)22-5-4-12-28-25(22)32;;/h4-14H,1-3H3,(H,28,32)(H,30,31);2*1H. The molecule has 188 valence electrons. The molecule has 10 heteroatoms. The highest BCUT2D eigenvalue weighted by molar-refractivity contribution is 7.90. The maximum absolute atomic E-state index is 13.1. The number of rotatable bonds is 6.